The fraction of sp³-hybridized carbons (Fsp3) is 0.300. The van der Waals surface area contributed by atoms with E-state index in [-0.39, 0.29) is 17.9 Å². The molecule has 0 saturated carbocycles. The fourth-order valence-electron chi connectivity index (χ4n) is 3.09. The van der Waals surface area contributed by atoms with Gasteiger partial charge in [0.15, 0.2) is 0 Å². The van der Waals surface area contributed by atoms with Gasteiger partial charge >= 0.3 is 0 Å². The van der Waals surface area contributed by atoms with Gasteiger partial charge in [-0.15, -0.1) is 0 Å². The summed E-state index contributed by atoms with van der Waals surface area (Å²) in [5.41, 5.74) is 7.49. The molecule has 2 aromatic carbocycles. The van der Waals surface area contributed by atoms with E-state index in [4.69, 9.17) is 5.73 Å². The number of hydrogen-bond donors (Lipinski definition) is 2. The van der Waals surface area contributed by atoms with Crippen LogP contribution in [0, 0.1) is 0 Å². The highest BCUT2D eigenvalue weighted by Gasteiger charge is 2.30. The Kier molecular flexibility index (Phi) is 5.46. The lowest BCUT2D eigenvalue weighted by molar-refractivity contribution is -0.132. The minimum atomic E-state index is -0.597. The Morgan fingerprint density at radius 1 is 1.08 bits per heavy atom. The Balaban J connectivity index is 1.76. The van der Waals surface area contributed by atoms with E-state index in [1.54, 1.807) is 17.0 Å². The van der Waals surface area contributed by atoms with Crippen molar-refractivity contribution in [2.24, 2.45) is 5.73 Å². The molecular weight excluding hydrogens is 314 g/mol. The van der Waals surface area contributed by atoms with Crippen LogP contribution in [0.2, 0.25) is 0 Å². The molecule has 0 aliphatic carbocycles. The standard InChI is InChI=1S/C20H23N3O2/c21-17-11-12-23(14-17)20(25)18(13-15-7-3-1-4-8-15)22-19(24)16-9-5-2-6-10-16/h1-10,17-18H,11-14,21H2,(H,22,24)/t17-,18?/m1/s1. The van der Waals surface area contributed by atoms with E-state index >= 15 is 0 Å². The van der Waals surface area contributed by atoms with E-state index in [1.807, 2.05) is 48.5 Å². The molecule has 1 unspecified atom stereocenters. The molecular formula is C20H23N3O2. The van der Waals surface area contributed by atoms with Crippen LogP contribution in [-0.4, -0.2) is 41.9 Å². The number of rotatable bonds is 5. The summed E-state index contributed by atoms with van der Waals surface area (Å²) in [7, 11) is 0. The van der Waals surface area contributed by atoms with E-state index in [1.165, 1.54) is 0 Å². The molecule has 0 aromatic heterocycles. The second-order valence-corrected chi connectivity index (χ2v) is 6.41. The molecule has 2 aromatic rings. The smallest absolute Gasteiger partial charge is 0.251 e. The van der Waals surface area contributed by atoms with Gasteiger partial charge in [0, 0.05) is 31.1 Å². The molecule has 130 valence electrons. The van der Waals surface area contributed by atoms with Crippen molar-refractivity contribution in [1.82, 2.24) is 10.2 Å². The lowest BCUT2D eigenvalue weighted by atomic mass is 10.0. The number of carbonyl (C=O) groups is 2. The average Bonchev–Trinajstić information content (AvgIpc) is 3.08. The highest BCUT2D eigenvalue weighted by atomic mass is 16.2. The number of likely N-dealkylation sites (tertiary alicyclic amines) is 1. The van der Waals surface area contributed by atoms with Gasteiger partial charge in [-0.3, -0.25) is 9.59 Å². The summed E-state index contributed by atoms with van der Waals surface area (Å²) in [5, 5.41) is 2.90. The number of nitrogens with two attached hydrogens (primary N) is 1. The first-order valence-corrected chi connectivity index (χ1v) is 8.57. The zero-order valence-electron chi connectivity index (χ0n) is 14.1. The first-order chi connectivity index (χ1) is 12.1. The minimum absolute atomic E-state index is 0.0196. The third-order valence-electron chi connectivity index (χ3n) is 4.46. The van der Waals surface area contributed by atoms with E-state index in [0.29, 0.717) is 25.1 Å². The molecule has 1 saturated heterocycles. The molecule has 1 heterocycles. The SMILES string of the molecule is N[C@@H]1CCN(C(=O)C(Cc2ccccc2)NC(=O)c2ccccc2)C1. The van der Waals surface area contributed by atoms with Crippen molar-refractivity contribution in [2.45, 2.75) is 24.9 Å². The third-order valence-corrected chi connectivity index (χ3v) is 4.46. The molecule has 5 nitrogen and oxygen atoms in total. The average molecular weight is 337 g/mol. The lowest BCUT2D eigenvalue weighted by Crippen LogP contribution is -2.49. The van der Waals surface area contributed by atoms with Crippen molar-refractivity contribution in [2.75, 3.05) is 13.1 Å². The molecule has 2 atom stereocenters. The Bertz CT molecular complexity index is 718. The van der Waals surface area contributed by atoms with Crippen LogP contribution in [0.4, 0.5) is 0 Å². The second kappa shape index (κ2) is 7.94. The zero-order chi connectivity index (χ0) is 17.6. The summed E-state index contributed by atoms with van der Waals surface area (Å²) in [5.74, 6) is -0.306. The van der Waals surface area contributed by atoms with Crippen LogP contribution in [0.3, 0.4) is 0 Å². The fourth-order valence-corrected chi connectivity index (χ4v) is 3.09. The Labute approximate surface area is 147 Å². The van der Waals surface area contributed by atoms with Crippen LogP contribution < -0.4 is 11.1 Å². The number of nitrogens with zero attached hydrogens (tertiary/aromatic N) is 1. The maximum absolute atomic E-state index is 12.9. The molecule has 1 aliphatic rings. The van der Waals surface area contributed by atoms with Crippen LogP contribution in [0.5, 0.6) is 0 Å². The van der Waals surface area contributed by atoms with E-state index < -0.39 is 6.04 Å². The molecule has 1 aliphatic heterocycles. The van der Waals surface area contributed by atoms with Crippen molar-refractivity contribution in [3.8, 4) is 0 Å². The van der Waals surface area contributed by atoms with Gasteiger partial charge in [-0.25, -0.2) is 0 Å². The summed E-state index contributed by atoms with van der Waals surface area (Å²) in [6, 6.07) is 18.1. The first kappa shape index (κ1) is 17.2. The molecule has 1 fully saturated rings. The largest absolute Gasteiger partial charge is 0.340 e. The van der Waals surface area contributed by atoms with Gasteiger partial charge in [0.05, 0.1) is 0 Å². The number of amides is 2. The summed E-state index contributed by atoms with van der Waals surface area (Å²) in [6.07, 6.45) is 1.26. The van der Waals surface area contributed by atoms with E-state index in [0.717, 1.165) is 12.0 Å². The molecule has 2 amide bonds. The summed E-state index contributed by atoms with van der Waals surface area (Å²) in [4.78, 5) is 27.2. The second-order valence-electron chi connectivity index (χ2n) is 6.41. The Morgan fingerprint density at radius 2 is 1.72 bits per heavy atom. The predicted molar refractivity (Wildman–Crippen MR) is 97.0 cm³/mol. The zero-order valence-corrected chi connectivity index (χ0v) is 14.1. The van der Waals surface area contributed by atoms with Crippen LogP contribution in [0.1, 0.15) is 22.3 Å². The summed E-state index contributed by atoms with van der Waals surface area (Å²) < 4.78 is 0. The Morgan fingerprint density at radius 3 is 2.32 bits per heavy atom. The van der Waals surface area contributed by atoms with Crippen molar-refractivity contribution in [3.63, 3.8) is 0 Å². The highest BCUT2D eigenvalue weighted by molar-refractivity contribution is 5.97. The van der Waals surface area contributed by atoms with Crippen LogP contribution in [-0.2, 0) is 11.2 Å². The quantitative estimate of drug-likeness (QED) is 0.870. The lowest BCUT2D eigenvalue weighted by Gasteiger charge is -2.24. The maximum atomic E-state index is 12.9. The van der Waals surface area contributed by atoms with Gasteiger partial charge in [0.2, 0.25) is 5.91 Å². The van der Waals surface area contributed by atoms with Crippen molar-refractivity contribution in [1.29, 1.82) is 0 Å². The molecule has 0 spiro atoms. The number of carbonyl (C=O) groups excluding carboxylic acids is 2. The molecule has 0 bridgehead atoms. The van der Waals surface area contributed by atoms with Gasteiger partial charge in [0.1, 0.15) is 6.04 Å². The van der Waals surface area contributed by atoms with Crippen molar-refractivity contribution >= 4 is 11.8 Å². The first-order valence-electron chi connectivity index (χ1n) is 8.57. The van der Waals surface area contributed by atoms with Crippen molar-refractivity contribution < 1.29 is 9.59 Å². The molecule has 0 radical (unpaired) electrons. The van der Waals surface area contributed by atoms with Gasteiger partial charge < -0.3 is 16.0 Å². The predicted octanol–water partition coefficient (Wildman–Crippen LogP) is 1.59. The summed E-state index contributed by atoms with van der Waals surface area (Å²) >= 11 is 0. The topological polar surface area (TPSA) is 75.4 Å². The maximum Gasteiger partial charge on any atom is 0.251 e. The monoisotopic (exact) mass is 337 g/mol. The molecule has 5 heteroatoms. The number of hydrogen-bond acceptors (Lipinski definition) is 3. The highest BCUT2D eigenvalue weighted by Crippen LogP contribution is 2.12. The molecule has 3 N–H and O–H groups in total. The van der Waals surface area contributed by atoms with Crippen LogP contribution >= 0.6 is 0 Å². The van der Waals surface area contributed by atoms with Crippen LogP contribution in [0.15, 0.2) is 60.7 Å². The van der Waals surface area contributed by atoms with Crippen molar-refractivity contribution in [3.05, 3.63) is 71.8 Å². The van der Waals surface area contributed by atoms with Gasteiger partial charge in [-0.1, -0.05) is 48.5 Å². The number of benzene rings is 2. The van der Waals surface area contributed by atoms with E-state index in [9.17, 15) is 9.59 Å². The molecule has 25 heavy (non-hydrogen) atoms. The van der Waals surface area contributed by atoms with Gasteiger partial charge in [-0.05, 0) is 24.1 Å². The third kappa shape index (κ3) is 4.45. The minimum Gasteiger partial charge on any atom is -0.340 e. The van der Waals surface area contributed by atoms with Gasteiger partial charge in [-0.2, -0.15) is 0 Å². The number of nitrogens with one attached hydrogen (secondary N) is 1. The summed E-state index contributed by atoms with van der Waals surface area (Å²) in [6.45, 7) is 1.19. The Hall–Kier alpha value is -2.66. The van der Waals surface area contributed by atoms with Crippen LogP contribution in [0.25, 0.3) is 0 Å². The van der Waals surface area contributed by atoms with E-state index in [2.05, 4.69) is 5.32 Å². The molecule has 3 rings (SSSR count). The van der Waals surface area contributed by atoms with Gasteiger partial charge in [0.25, 0.3) is 5.91 Å². The normalized spacial score (nSPS) is 18.0.